The molecule has 1 saturated heterocycles. The topological polar surface area (TPSA) is 154 Å². The Bertz CT molecular complexity index is 1820. The zero-order valence-corrected chi connectivity index (χ0v) is 22.0. The van der Waals surface area contributed by atoms with Gasteiger partial charge in [-0.15, -0.1) is 0 Å². The van der Waals surface area contributed by atoms with E-state index in [-0.39, 0.29) is 35.8 Å². The molecule has 1 aromatic carbocycles. The monoisotopic (exact) mass is 595 g/mol. The number of piperidine rings is 1. The molecule has 4 heterocycles. The standard InChI is InChI=1S/C27H21F4N9O3/c28-16-10-33-21(34-11-16)4-2-14-1-3-18-17(7-14)24(25(32)42)37-39(18)12-23(41)40-19-8-15(19)9-20(40)26(43)35-22-5-6-38(36-22)13-27(29,30)31/h1,3,5-7,10-11,15,19-20H,8-9,12-13H2,(H2,32,42)(H,35,36,43)/t15-,19?,20+/m1/s1. The summed E-state index contributed by atoms with van der Waals surface area (Å²) in [7, 11) is 0. The van der Waals surface area contributed by atoms with E-state index < -0.39 is 42.3 Å². The van der Waals surface area contributed by atoms with Crippen LogP contribution in [-0.4, -0.2) is 70.4 Å². The molecule has 3 N–H and O–H groups in total. The van der Waals surface area contributed by atoms with Crippen LogP contribution in [0, 0.1) is 23.6 Å². The van der Waals surface area contributed by atoms with Crippen LogP contribution in [0.5, 0.6) is 0 Å². The molecule has 2 aliphatic rings. The molecular formula is C27H21F4N9O3. The van der Waals surface area contributed by atoms with Crippen LogP contribution >= 0.6 is 0 Å². The highest BCUT2D eigenvalue weighted by molar-refractivity contribution is 6.05. The van der Waals surface area contributed by atoms with Crippen molar-refractivity contribution in [2.75, 3.05) is 5.32 Å². The predicted octanol–water partition coefficient (Wildman–Crippen LogP) is 1.85. The smallest absolute Gasteiger partial charge is 0.364 e. The molecule has 1 aliphatic heterocycles. The Morgan fingerprint density at radius 2 is 1.84 bits per heavy atom. The maximum atomic E-state index is 13.5. The molecule has 43 heavy (non-hydrogen) atoms. The minimum atomic E-state index is -4.47. The maximum Gasteiger partial charge on any atom is 0.408 e. The van der Waals surface area contributed by atoms with Gasteiger partial charge in [0.25, 0.3) is 5.91 Å². The molecule has 3 amide bonds. The van der Waals surface area contributed by atoms with Gasteiger partial charge in [-0.2, -0.15) is 23.4 Å². The third-order valence-electron chi connectivity index (χ3n) is 7.14. The van der Waals surface area contributed by atoms with Gasteiger partial charge in [0.1, 0.15) is 19.1 Å². The van der Waals surface area contributed by atoms with E-state index in [1.54, 1.807) is 18.2 Å². The first kappa shape index (κ1) is 27.8. The Morgan fingerprint density at radius 1 is 1.07 bits per heavy atom. The van der Waals surface area contributed by atoms with Gasteiger partial charge in [-0.05, 0) is 42.9 Å². The van der Waals surface area contributed by atoms with Crippen LogP contribution in [0.2, 0.25) is 0 Å². The molecule has 3 aromatic heterocycles. The molecule has 2 fully saturated rings. The molecule has 1 aliphatic carbocycles. The van der Waals surface area contributed by atoms with Gasteiger partial charge >= 0.3 is 6.18 Å². The molecule has 3 atom stereocenters. The molecule has 1 unspecified atom stereocenters. The predicted molar refractivity (Wildman–Crippen MR) is 140 cm³/mol. The number of nitrogens with one attached hydrogen (secondary N) is 1. The zero-order valence-electron chi connectivity index (χ0n) is 22.0. The van der Waals surface area contributed by atoms with Gasteiger partial charge in [-0.3, -0.25) is 23.7 Å². The van der Waals surface area contributed by atoms with E-state index in [4.69, 9.17) is 5.73 Å². The zero-order chi connectivity index (χ0) is 30.5. The number of halogens is 4. The van der Waals surface area contributed by atoms with Crippen LogP contribution in [0.15, 0.2) is 42.9 Å². The lowest BCUT2D eigenvalue weighted by Gasteiger charge is -2.26. The summed E-state index contributed by atoms with van der Waals surface area (Å²) in [6.45, 7) is -1.60. The number of amides is 3. The third kappa shape index (κ3) is 5.87. The van der Waals surface area contributed by atoms with Gasteiger partial charge in [0.05, 0.1) is 17.9 Å². The lowest BCUT2D eigenvalue weighted by molar-refractivity contribution is -0.142. The minimum absolute atomic E-state index is 0.0590. The second-order valence-electron chi connectivity index (χ2n) is 10.2. The lowest BCUT2D eigenvalue weighted by Crippen LogP contribution is -2.46. The van der Waals surface area contributed by atoms with E-state index >= 15 is 0 Å². The number of nitrogens with two attached hydrogens (primary N) is 1. The number of alkyl halides is 3. The number of hydrogen-bond donors (Lipinski definition) is 2. The fourth-order valence-corrected chi connectivity index (χ4v) is 5.23. The SMILES string of the molecule is NC(=O)c1nn(CC(=O)N2C3C[C@@H]3C[C@H]2C(=O)Nc2ccn(CC(F)(F)F)n2)c2ccc(C#Cc3ncc(F)cn3)cc12. The second-order valence-corrected chi connectivity index (χ2v) is 10.2. The largest absolute Gasteiger partial charge is 0.408 e. The van der Waals surface area contributed by atoms with E-state index in [1.165, 1.54) is 15.6 Å². The summed E-state index contributed by atoms with van der Waals surface area (Å²) in [4.78, 5) is 47.8. The van der Waals surface area contributed by atoms with Crippen LogP contribution in [0.4, 0.5) is 23.4 Å². The van der Waals surface area contributed by atoms with Crippen molar-refractivity contribution in [1.82, 2.24) is 34.4 Å². The Hall–Kier alpha value is -5.33. The minimum Gasteiger partial charge on any atom is -0.364 e. The van der Waals surface area contributed by atoms with Crippen molar-refractivity contribution < 1.29 is 31.9 Å². The number of anilines is 1. The molecule has 16 heteroatoms. The Labute approximate surface area is 239 Å². The number of hydrogen-bond acceptors (Lipinski definition) is 7. The first-order valence-electron chi connectivity index (χ1n) is 13.0. The number of rotatable bonds is 6. The summed E-state index contributed by atoms with van der Waals surface area (Å²) in [5, 5.41) is 10.8. The average molecular weight is 596 g/mol. The van der Waals surface area contributed by atoms with Gasteiger partial charge < -0.3 is 16.0 Å². The summed E-state index contributed by atoms with van der Waals surface area (Å²) in [6.07, 6.45) is -0.277. The normalized spacial score (nSPS) is 19.1. The molecule has 0 spiro atoms. The van der Waals surface area contributed by atoms with Crippen LogP contribution in [0.25, 0.3) is 10.9 Å². The number of likely N-dealkylation sites (tertiary alicyclic amines) is 1. The van der Waals surface area contributed by atoms with Crippen molar-refractivity contribution in [3.05, 3.63) is 65.8 Å². The van der Waals surface area contributed by atoms with Gasteiger partial charge in [0, 0.05) is 29.3 Å². The number of benzene rings is 1. The Morgan fingerprint density at radius 3 is 2.56 bits per heavy atom. The van der Waals surface area contributed by atoms with E-state index in [0.717, 1.165) is 25.0 Å². The average Bonchev–Trinajstić information content (AvgIpc) is 3.24. The maximum absolute atomic E-state index is 13.5. The van der Waals surface area contributed by atoms with E-state index in [1.807, 2.05) is 0 Å². The molecule has 0 radical (unpaired) electrons. The lowest BCUT2D eigenvalue weighted by atomic mass is 10.1. The number of fused-ring (bicyclic) bond motifs is 2. The number of carbonyl (C=O) groups excluding carboxylic acids is 3. The third-order valence-corrected chi connectivity index (χ3v) is 7.14. The van der Waals surface area contributed by atoms with Gasteiger partial charge in [-0.1, -0.05) is 5.92 Å². The van der Waals surface area contributed by atoms with E-state index in [9.17, 15) is 31.9 Å². The Kier molecular flexibility index (Phi) is 6.79. The highest BCUT2D eigenvalue weighted by atomic mass is 19.4. The number of aromatic nitrogens is 6. The van der Waals surface area contributed by atoms with Gasteiger partial charge in [0.2, 0.25) is 17.6 Å². The van der Waals surface area contributed by atoms with Crippen LogP contribution in [0.1, 0.15) is 34.7 Å². The molecule has 0 bridgehead atoms. The summed E-state index contributed by atoms with van der Waals surface area (Å²) in [5.41, 5.74) is 6.35. The van der Waals surface area contributed by atoms with Crippen molar-refractivity contribution in [2.45, 2.75) is 44.2 Å². The van der Waals surface area contributed by atoms with Gasteiger partial charge in [0.15, 0.2) is 17.3 Å². The first-order chi connectivity index (χ1) is 20.4. The molecule has 220 valence electrons. The molecule has 1 saturated carbocycles. The van der Waals surface area contributed by atoms with Crippen molar-refractivity contribution in [3.63, 3.8) is 0 Å². The molecule has 4 aromatic rings. The quantitative estimate of drug-likeness (QED) is 0.255. The molecule has 6 rings (SSSR count). The summed E-state index contributed by atoms with van der Waals surface area (Å²) in [6, 6.07) is 5.06. The number of carbonyl (C=O) groups is 3. The fourth-order valence-electron chi connectivity index (χ4n) is 5.23. The first-order valence-corrected chi connectivity index (χ1v) is 13.0. The number of primary amides is 1. The highest BCUT2D eigenvalue weighted by Crippen LogP contribution is 2.48. The Balaban J connectivity index is 1.20. The van der Waals surface area contributed by atoms with E-state index in [0.29, 0.717) is 27.6 Å². The van der Waals surface area contributed by atoms with Gasteiger partial charge in [-0.25, -0.2) is 14.4 Å². The summed E-state index contributed by atoms with van der Waals surface area (Å²) < 4.78 is 53.0. The van der Waals surface area contributed by atoms with Crippen molar-refractivity contribution in [2.24, 2.45) is 11.7 Å². The molecule has 12 nitrogen and oxygen atoms in total. The highest BCUT2D eigenvalue weighted by Gasteiger charge is 2.56. The van der Waals surface area contributed by atoms with E-state index in [2.05, 4.69) is 37.3 Å². The fraction of sp³-hybridized carbons (Fsp3) is 0.296. The second kappa shape index (κ2) is 10.5. The van der Waals surface area contributed by atoms with Crippen molar-refractivity contribution in [1.29, 1.82) is 0 Å². The van der Waals surface area contributed by atoms with Crippen molar-refractivity contribution >= 4 is 34.4 Å². The number of nitrogens with zero attached hydrogens (tertiary/aromatic N) is 7. The summed E-state index contributed by atoms with van der Waals surface area (Å²) in [5.74, 6) is 3.27. The van der Waals surface area contributed by atoms with Crippen LogP contribution < -0.4 is 11.1 Å². The summed E-state index contributed by atoms with van der Waals surface area (Å²) >= 11 is 0. The molecular weight excluding hydrogens is 574 g/mol. The van der Waals surface area contributed by atoms with Crippen LogP contribution in [0.3, 0.4) is 0 Å². The van der Waals surface area contributed by atoms with Crippen LogP contribution in [-0.2, 0) is 22.7 Å². The van der Waals surface area contributed by atoms with Crippen molar-refractivity contribution in [3.8, 4) is 11.8 Å².